The molecule has 2 amide bonds. The summed E-state index contributed by atoms with van der Waals surface area (Å²) in [5, 5.41) is 9.43. The highest BCUT2D eigenvalue weighted by Crippen LogP contribution is 2.63. The lowest BCUT2D eigenvalue weighted by Crippen LogP contribution is -2.40. The third-order valence-corrected chi connectivity index (χ3v) is 8.40. The first-order valence-corrected chi connectivity index (χ1v) is 13.0. The lowest BCUT2D eigenvalue weighted by Gasteiger charge is -2.24. The fraction of sp³-hybridized carbons (Fsp3) is 0.407. The molecule has 2 saturated heterocycles. The van der Waals surface area contributed by atoms with Gasteiger partial charge in [-0.15, -0.1) is 0 Å². The Morgan fingerprint density at radius 2 is 2.00 bits per heavy atom. The lowest BCUT2D eigenvalue weighted by molar-refractivity contribution is -0.143. The molecule has 4 aromatic rings. The van der Waals surface area contributed by atoms with Crippen molar-refractivity contribution in [3.8, 4) is 11.3 Å². The SMILES string of the molecule is CC1(C)C2C(=O)N(Cc3cc4c(-c5cc(Cl)cc6ccn(C[C@@H]7CNCCO7)c56)ncnn4c3)C(=O)C21. The van der Waals surface area contributed by atoms with Crippen LogP contribution in [0.15, 0.2) is 43.0 Å². The second-order valence-electron chi connectivity index (χ2n) is 10.9. The molecule has 0 spiro atoms. The van der Waals surface area contributed by atoms with Crippen molar-refractivity contribution in [1.29, 1.82) is 0 Å². The minimum absolute atomic E-state index is 0.0737. The summed E-state index contributed by atoms with van der Waals surface area (Å²) in [4.78, 5) is 31.8. The van der Waals surface area contributed by atoms with Crippen LogP contribution in [0.2, 0.25) is 5.02 Å². The van der Waals surface area contributed by atoms with Crippen LogP contribution in [0.1, 0.15) is 19.4 Å². The first-order valence-electron chi connectivity index (χ1n) is 12.6. The van der Waals surface area contributed by atoms with Gasteiger partial charge in [0.05, 0.1) is 54.4 Å². The van der Waals surface area contributed by atoms with Gasteiger partial charge in [0.15, 0.2) is 0 Å². The van der Waals surface area contributed by atoms with Gasteiger partial charge in [0.2, 0.25) is 11.8 Å². The van der Waals surface area contributed by atoms with Crippen LogP contribution in [-0.2, 0) is 27.4 Å². The number of piperidine rings is 1. The van der Waals surface area contributed by atoms with E-state index in [4.69, 9.17) is 16.3 Å². The van der Waals surface area contributed by atoms with Crippen LogP contribution >= 0.6 is 11.6 Å². The zero-order valence-electron chi connectivity index (χ0n) is 20.6. The van der Waals surface area contributed by atoms with Crippen molar-refractivity contribution >= 4 is 39.8 Å². The van der Waals surface area contributed by atoms with Gasteiger partial charge in [0.25, 0.3) is 0 Å². The Morgan fingerprint density at radius 3 is 2.76 bits per heavy atom. The van der Waals surface area contributed by atoms with Gasteiger partial charge in [0.1, 0.15) is 6.33 Å². The molecular weight excluding hydrogens is 492 g/mol. The van der Waals surface area contributed by atoms with Crippen molar-refractivity contribution in [2.45, 2.75) is 33.0 Å². The molecule has 10 heteroatoms. The van der Waals surface area contributed by atoms with Crippen molar-refractivity contribution in [3.05, 3.63) is 53.6 Å². The number of fused-ring (bicyclic) bond motifs is 3. The number of hydrogen-bond donors (Lipinski definition) is 1. The van der Waals surface area contributed by atoms with E-state index in [1.807, 2.05) is 38.2 Å². The van der Waals surface area contributed by atoms with Crippen LogP contribution in [0.4, 0.5) is 0 Å². The number of carbonyl (C=O) groups excluding carboxylic acids is 2. The predicted octanol–water partition coefficient (Wildman–Crippen LogP) is 3.13. The number of carbonyl (C=O) groups is 2. The van der Waals surface area contributed by atoms with Crippen LogP contribution in [0.3, 0.4) is 0 Å². The summed E-state index contributed by atoms with van der Waals surface area (Å²) in [6.45, 7) is 7.28. The van der Waals surface area contributed by atoms with E-state index in [1.54, 1.807) is 4.52 Å². The Balaban J connectivity index is 1.27. The Hall–Kier alpha value is -3.27. The van der Waals surface area contributed by atoms with Gasteiger partial charge >= 0.3 is 0 Å². The van der Waals surface area contributed by atoms with Gasteiger partial charge in [-0.2, -0.15) is 5.10 Å². The second-order valence-corrected chi connectivity index (χ2v) is 11.3. The number of amides is 2. The molecule has 0 radical (unpaired) electrons. The van der Waals surface area contributed by atoms with E-state index in [-0.39, 0.29) is 41.7 Å². The van der Waals surface area contributed by atoms with Crippen molar-refractivity contribution in [2.24, 2.45) is 17.3 Å². The summed E-state index contributed by atoms with van der Waals surface area (Å²) >= 11 is 6.54. The van der Waals surface area contributed by atoms with Gasteiger partial charge in [-0.25, -0.2) is 9.50 Å². The third-order valence-electron chi connectivity index (χ3n) is 8.18. The third kappa shape index (κ3) is 3.52. The highest BCUT2D eigenvalue weighted by molar-refractivity contribution is 6.32. The van der Waals surface area contributed by atoms with Gasteiger partial charge in [-0.1, -0.05) is 25.4 Å². The van der Waals surface area contributed by atoms with E-state index in [0.717, 1.165) is 46.3 Å². The summed E-state index contributed by atoms with van der Waals surface area (Å²) in [5.41, 5.74) is 4.05. The number of morpholine rings is 1. The smallest absolute Gasteiger partial charge is 0.233 e. The Labute approximate surface area is 218 Å². The van der Waals surface area contributed by atoms with Crippen LogP contribution in [0.5, 0.6) is 0 Å². The van der Waals surface area contributed by atoms with E-state index in [0.29, 0.717) is 18.2 Å². The first kappa shape index (κ1) is 22.9. The highest BCUT2D eigenvalue weighted by Gasteiger charge is 2.72. The fourth-order valence-electron chi connectivity index (χ4n) is 6.22. The minimum Gasteiger partial charge on any atom is -0.374 e. The molecule has 2 aliphatic heterocycles. The summed E-state index contributed by atoms with van der Waals surface area (Å²) in [6.07, 6.45) is 5.51. The first-order chi connectivity index (χ1) is 17.8. The minimum atomic E-state index is -0.222. The van der Waals surface area contributed by atoms with Crippen molar-refractivity contribution in [1.82, 2.24) is 29.4 Å². The van der Waals surface area contributed by atoms with Crippen LogP contribution < -0.4 is 5.32 Å². The molecule has 0 bridgehead atoms. The molecule has 1 aliphatic carbocycles. The number of nitrogens with zero attached hydrogens (tertiary/aromatic N) is 5. The maximum atomic E-state index is 12.9. The van der Waals surface area contributed by atoms with Gasteiger partial charge in [0, 0.05) is 41.5 Å². The number of aromatic nitrogens is 4. The summed E-state index contributed by atoms with van der Waals surface area (Å²) in [6, 6.07) is 7.90. The van der Waals surface area contributed by atoms with E-state index < -0.39 is 0 Å². The standard InChI is InChI=1S/C27H27ClN6O3/c1-27(2)21-22(27)26(36)33(25(21)35)11-15-7-20-23(30-14-31-34(20)12-15)19-9-17(28)8-16-3-5-32(24(16)19)13-18-10-29-4-6-37-18/h3,5,7-9,12,14,18,21-22,29H,4,6,10-11,13H2,1-2H3/t18-,21?,22?/m0/s1. The molecule has 1 aromatic carbocycles. The van der Waals surface area contributed by atoms with Crippen LogP contribution in [0, 0.1) is 17.3 Å². The molecule has 37 heavy (non-hydrogen) atoms. The molecule has 3 aliphatic rings. The number of nitrogens with one attached hydrogen (secondary N) is 1. The molecule has 1 saturated carbocycles. The van der Waals surface area contributed by atoms with Crippen molar-refractivity contribution < 1.29 is 14.3 Å². The Kier molecular flexibility index (Phi) is 5.02. The molecule has 1 N–H and O–H groups in total. The zero-order valence-corrected chi connectivity index (χ0v) is 21.4. The van der Waals surface area contributed by atoms with Crippen molar-refractivity contribution in [3.63, 3.8) is 0 Å². The van der Waals surface area contributed by atoms with E-state index in [1.165, 1.54) is 11.2 Å². The monoisotopic (exact) mass is 518 g/mol. The fourth-order valence-corrected chi connectivity index (χ4v) is 6.45. The molecule has 2 unspecified atom stereocenters. The number of imide groups is 1. The van der Waals surface area contributed by atoms with E-state index in [9.17, 15) is 9.59 Å². The summed E-state index contributed by atoms with van der Waals surface area (Å²) in [7, 11) is 0. The maximum absolute atomic E-state index is 12.9. The topological polar surface area (TPSA) is 93.8 Å². The summed E-state index contributed by atoms with van der Waals surface area (Å²) < 4.78 is 9.89. The average Bonchev–Trinajstić information content (AvgIpc) is 3.23. The Bertz CT molecular complexity index is 1560. The predicted molar refractivity (Wildman–Crippen MR) is 138 cm³/mol. The largest absolute Gasteiger partial charge is 0.374 e. The molecule has 3 aromatic heterocycles. The highest BCUT2D eigenvalue weighted by atomic mass is 35.5. The molecule has 7 rings (SSSR count). The molecule has 5 heterocycles. The Morgan fingerprint density at radius 1 is 1.19 bits per heavy atom. The quantitative estimate of drug-likeness (QED) is 0.408. The van der Waals surface area contributed by atoms with Gasteiger partial charge in [-0.3, -0.25) is 14.5 Å². The summed E-state index contributed by atoms with van der Waals surface area (Å²) in [5.74, 6) is -0.530. The van der Waals surface area contributed by atoms with Gasteiger partial charge in [-0.05, 0) is 35.2 Å². The molecule has 3 fully saturated rings. The zero-order chi connectivity index (χ0) is 25.5. The number of hydrogen-bond acceptors (Lipinski definition) is 6. The lowest BCUT2D eigenvalue weighted by atomic mass is 10.1. The van der Waals surface area contributed by atoms with Crippen LogP contribution in [0.25, 0.3) is 27.7 Å². The molecule has 190 valence electrons. The van der Waals surface area contributed by atoms with E-state index >= 15 is 0 Å². The molecule has 9 nitrogen and oxygen atoms in total. The van der Waals surface area contributed by atoms with Crippen LogP contribution in [-0.4, -0.2) is 61.7 Å². The van der Waals surface area contributed by atoms with Crippen molar-refractivity contribution in [2.75, 3.05) is 19.7 Å². The average molecular weight is 519 g/mol. The number of halogens is 1. The van der Waals surface area contributed by atoms with Gasteiger partial charge < -0.3 is 14.6 Å². The number of rotatable bonds is 5. The normalized spacial score (nSPS) is 24.8. The number of benzene rings is 1. The second kappa shape index (κ2) is 8.11. The molecular formula is C27H27ClN6O3. The molecule has 3 atom stereocenters. The van der Waals surface area contributed by atoms with E-state index in [2.05, 4.69) is 32.2 Å². The maximum Gasteiger partial charge on any atom is 0.233 e. The number of likely N-dealkylation sites (tertiary alicyclic amines) is 1. The number of ether oxygens (including phenoxy) is 1.